The van der Waals surface area contributed by atoms with Crippen molar-refractivity contribution < 1.29 is 14.3 Å². The molecule has 0 amide bonds. The van der Waals surface area contributed by atoms with Crippen molar-refractivity contribution in [3.05, 3.63) is 30.0 Å². The van der Waals surface area contributed by atoms with Crippen molar-refractivity contribution in [2.24, 2.45) is 17.3 Å². The van der Waals surface area contributed by atoms with Crippen LogP contribution < -0.4 is 4.74 Å². The van der Waals surface area contributed by atoms with Gasteiger partial charge in [-0.2, -0.15) is 0 Å². The second kappa shape index (κ2) is 10.4. The number of esters is 1. The lowest BCUT2D eigenvalue weighted by Gasteiger charge is -2.36. The minimum atomic E-state index is -0.0431. The molecule has 0 N–H and O–H groups in total. The number of piperidine rings is 1. The minimum Gasteiger partial charge on any atom is -0.473 e. The summed E-state index contributed by atoms with van der Waals surface area (Å²) in [5, 5.41) is 0. The summed E-state index contributed by atoms with van der Waals surface area (Å²) in [6.45, 7) is 12.0. The monoisotopic (exact) mass is 453 g/mol. The molecule has 1 saturated carbocycles. The molecular formula is C27H39N3O3. The Kier molecular flexibility index (Phi) is 7.52. The van der Waals surface area contributed by atoms with Gasteiger partial charge in [0.1, 0.15) is 6.10 Å². The van der Waals surface area contributed by atoms with Gasteiger partial charge in [-0.05, 0) is 87.6 Å². The van der Waals surface area contributed by atoms with E-state index >= 15 is 0 Å². The Hall–Kier alpha value is -2.21. The summed E-state index contributed by atoms with van der Waals surface area (Å²) in [7, 11) is 0. The summed E-state index contributed by atoms with van der Waals surface area (Å²) in [4.78, 5) is 23.7. The number of hydrogen-bond donors (Lipinski definition) is 0. The van der Waals surface area contributed by atoms with E-state index in [-0.39, 0.29) is 18.0 Å². The molecule has 0 spiro atoms. The van der Waals surface area contributed by atoms with Crippen LogP contribution in [0, 0.1) is 17.3 Å². The van der Waals surface area contributed by atoms with E-state index in [1.165, 1.54) is 18.4 Å². The van der Waals surface area contributed by atoms with Crippen LogP contribution in [-0.4, -0.2) is 46.6 Å². The van der Waals surface area contributed by atoms with Crippen LogP contribution in [-0.2, 0) is 16.1 Å². The molecule has 0 bridgehead atoms. The van der Waals surface area contributed by atoms with Crippen molar-refractivity contribution in [1.29, 1.82) is 0 Å². The van der Waals surface area contributed by atoms with Crippen molar-refractivity contribution in [2.75, 3.05) is 19.7 Å². The summed E-state index contributed by atoms with van der Waals surface area (Å²) in [6, 6.07) is 6.30. The average Bonchev–Trinajstić information content (AvgIpc) is 2.79. The maximum atomic E-state index is 12.0. The van der Waals surface area contributed by atoms with Crippen molar-refractivity contribution in [3.8, 4) is 5.88 Å². The molecule has 4 rings (SSSR count). The third kappa shape index (κ3) is 6.23. The Morgan fingerprint density at radius 2 is 1.79 bits per heavy atom. The molecule has 1 aliphatic carbocycles. The SMILES string of the molecule is CCOC(=O)C1CCN(Cc2ccc3nc(OC4CCC(C(C)(C)C)CC4)cnc3c2)CC1. The molecule has 0 atom stereocenters. The molecule has 2 fully saturated rings. The minimum absolute atomic E-state index is 0.0431. The molecule has 6 heteroatoms. The number of carbonyl (C=O) groups is 1. The summed E-state index contributed by atoms with van der Waals surface area (Å²) in [5.41, 5.74) is 3.38. The topological polar surface area (TPSA) is 64.5 Å². The lowest BCUT2D eigenvalue weighted by Crippen LogP contribution is -2.36. The van der Waals surface area contributed by atoms with Gasteiger partial charge >= 0.3 is 5.97 Å². The van der Waals surface area contributed by atoms with Gasteiger partial charge < -0.3 is 9.47 Å². The number of nitrogens with zero attached hydrogens (tertiary/aromatic N) is 3. The Bertz CT molecular complexity index is 939. The van der Waals surface area contributed by atoms with Crippen molar-refractivity contribution >= 4 is 17.0 Å². The van der Waals surface area contributed by atoms with Gasteiger partial charge in [0.05, 0.1) is 29.8 Å². The highest BCUT2D eigenvalue weighted by Crippen LogP contribution is 2.38. The quantitative estimate of drug-likeness (QED) is 0.547. The summed E-state index contributed by atoms with van der Waals surface area (Å²) >= 11 is 0. The highest BCUT2D eigenvalue weighted by atomic mass is 16.5. The van der Waals surface area contributed by atoms with Gasteiger partial charge in [0, 0.05) is 6.54 Å². The van der Waals surface area contributed by atoms with Crippen LogP contribution in [0.15, 0.2) is 24.4 Å². The molecular weight excluding hydrogens is 414 g/mol. The van der Waals surface area contributed by atoms with Crippen LogP contribution >= 0.6 is 0 Å². The first kappa shape index (κ1) is 23.9. The van der Waals surface area contributed by atoms with Gasteiger partial charge in [-0.1, -0.05) is 26.8 Å². The predicted octanol–water partition coefficient (Wildman–Crippen LogP) is 5.39. The summed E-state index contributed by atoms with van der Waals surface area (Å²) in [5.74, 6) is 1.41. The number of carbonyl (C=O) groups excluding carboxylic acids is 1. The number of rotatable bonds is 6. The van der Waals surface area contributed by atoms with E-state index in [2.05, 4.69) is 42.8 Å². The zero-order valence-corrected chi connectivity index (χ0v) is 20.7. The number of benzene rings is 1. The van der Waals surface area contributed by atoms with Crippen molar-refractivity contribution in [2.45, 2.75) is 78.9 Å². The molecule has 0 radical (unpaired) electrons. The van der Waals surface area contributed by atoms with Gasteiger partial charge in [-0.25, -0.2) is 9.97 Å². The lowest BCUT2D eigenvalue weighted by molar-refractivity contribution is -0.149. The Morgan fingerprint density at radius 1 is 1.06 bits per heavy atom. The molecule has 0 unspecified atom stereocenters. The van der Waals surface area contributed by atoms with Crippen LogP contribution in [0.4, 0.5) is 0 Å². The van der Waals surface area contributed by atoms with Crippen LogP contribution in [0.3, 0.4) is 0 Å². The highest BCUT2D eigenvalue weighted by Gasteiger charge is 2.30. The highest BCUT2D eigenvalue weighted by molar-refractivity contribution is 5.75. The first-order valence-electron chi connectivity index (χ1n) is 12.6. The van der Waals surface area contributed by atoms with Gasteiger partial charge in [0.2, 0.25) is 5.88 Å². The molecule has 6 nitrogen and oxygen atoms in total. The smallest absolute Gasteiger partial charge is 0.309 e. The molecule has 1 saturated heterocycles. The van der Waals surface area contributed by atoms with E-state index < -0.39 is 0 Å². The molecule has 1 aromatic heterocycles. The summed E-state index contributed by atoms with van der Waals surface area (Å²) < 4.78 is 11.4. The van der Waals surface area contributed by atoms with Crippen LogP contribution in [0.25, 0.3) is 11.0 Å². The first-order valence-corrected chi connectivity index (χ1v) is 12.6. The molecule has 1 aromatic carbocycles. The van der Waals surface area contributed by atoms with Crippen molar-refractivity contribution in [3.63, 3.8) is 0 Å². The molecule has 2 aliphatic rings. The third-order valence-electron chi connectivity index (χ3n) is 7.38. The predicted molar refractivity (Wildman–Crippen MR) is 130 cm³/mol. The van der Waals surface area contributed by atoms with Gasteiger partial charge in [-0.15, -0.1) is 0 Å². The molecule has 33 heavy (non-hydrogen) atoms. The Morgan fingerprint density at radius 3 is 2.45 bits per heavy atom. The van der Waals surface area contributed by atoms with E-state index in [1.54, 1.807) is 6.20 Å². The van der Waals surface area contributed by atoms with Crippen LogP contribution in [0.5, 0.6) is 5.88 Å². The second-order valence-electron chi connectivity index (χ2n) is 10.8. The first-order chi connectivity index (χ1) is 15.8. The molecule has 2 aromatic rings. The van der Waals surface area contributed by atoms with E-state index in [0.29, 0.717) is 17.9 Å². The fourth-order valence-corrected chi connectivity index (χ4v) is 5.26. The number of ether oxygens (including phenoxy) is 2. The van der Waals surface area contributed by atoms with E-state index in [0.717, 1.165) is 62.3 Å². The number of likely N-dealkylation sites (tertiary alicyclic amines) is 1. The molecule has 1 aliphatic heterocycles. The zero-order valence-electron chi connectivity index (χ0n) is 20.7. The van der Waals surface area contributed by atoms with Crippen molar-refractivity contribution in [1.82, 2.24) is 14.9 Å². The van der Waals surface area contributed by atoms with E-state index in [4.69, 9.17) is 14.5 Å². The lowest BCUT2D eigenvalue weighted by atomic mass is 9.72. The van der Waals surface area contributed by atoms with E-state index in [1.807, 2.05) is 13.0 Å². The summed E-state index contributed by atoms with van der Waals surface area (Å²) in [6.07, 6.45) is 8.36. The average molecular weight is 454 g/mol. The zero-order chi connectivity index (χ0) is 23.4. The van der Waals surface area contributed by atoms with E-state index in [9.17, 15) is 4.79 Å². The maximum Gasteiger partial charge on any atom is 0.309 e. The number of fused-ring (bicyclic) bond motifs is 1. The molecule has 2 heterocycles. The number of hydrogen-bond acceptors (Lipinski definition) is 6. The van der Waals surface area contributed by atoms with Gasteiger partial charge in [-0.3, -0.25) is 9.69 Å². The van der Waals surface area contributed by atoms with Gasteiger partial charge in [0.15, 0.2) is 0 Å². The Balaban J connectivity index is 1.31. The van der Waals surface area contributed by atoms with Gasteiger partial charge in [0.25, 0.3) is 0 Å². The largest absolute Gasteiger partial charge is 0.473 e. The maximum absolute atomic E-state index is 12.0. The normalized spacial score (nSPS) is 22.9. The fraction of sp³-hybridized carbons (Fsp3) is 0.667. The molecule has 180 valence electrons. The fourth-order valence-electron chi connectivity index (χ4n) is 5.26. The second-order valence-corrected chi connectivity index (χ2v) is 10.8. The standard InChI is InChI=1S/C27H39N3O3/c1-5-32-26(31)20-12-14-30(15-13-20)18-19-6-11-23-24(16-19)28-17-25(29-23)33-22-9-7-21(8-10-22)27(2,3)4/h6,11,16-17,20-22H,5,7-10,12-15,18H2,1-4H3. The Labute approximate surface area is 198 Å². The third-order valence-corrected chi connectivity index (χ3v) is 7.38. The van der Waals surface area contributed by atoms with Crippen LogP contribution in [0.1, 0.15) is 71.8 Å². The number of aromatic nitrogens is 2. The van der Waals surface area contributed by atoms with Crippen LogP contribution in [0.2, 0.25) is 0 Å².